The molecule has 0 aliphatic carbocycles. The molecule has 4 aromatic rings. The second-order valence-electron chi connectivity index (χ2n) is 6.98. The van der Waals surface area contributed by atoms with E-state index in [9.17, 15) is 0 Å². The molecule has 0 bridgehead atoms. The number of anilines is 2. The maximum Gasteiger partial charge on any atom is 0.100 e. The quantitative estimate of drug-likeness (QED) is 0.479. The number of aromatic amines is 1. The number of nitrogens with two attached hydrogens (primary N) is 1. The standard InChI is InChI=1S/C21H21N7/c22-16-8-15(9-17(10-16)28-6-4-23-5-7-28)21-18-11-19(14-2-1-3-24-12-14)25-13-20(18)26-27-21/h1-3,8-13,23H,4-7,22H2,(H,26,27). The minimum absolute atomic E-state index is 0.740. The van der Waals surface area contributed by atoms with Crippen molar-refractivity contribution in [1.29, 1.82) is 0 Å². The van der Waals surface area contributed by atoms with Gasteiger partial charge in [0.25, 0.3) is 0 Å². The average Bonchev–Trinajstić information content (AvgIpc) is 3.18. The molecule has 4 N–H and O–H groups in total. The van der Waals surface area contributed by atoms with Gasteiger partial charge in [-0.2, -0.15) is 5.10 Å². The largest absolute Gasteiger partial charge is 0.399 e. The van der Waals surface area contributed by atoms with Gasteiger partial charge in [-0.15, -0.1) is 0 Å². The summed E-state index contributed by atoms with van der Waals surface area (Å²) in [7, 11) is 0. The van der Waals surface area contributed by atoms with Gasteiger partial charge in [-0.25, -0.2) is 0 Å². The molecule has 1 aromatic carbocycles. The van der Waals surface area contributed by atoms with Crippen LogP contribution in [0.15, 0.2) is 55.0 Å². The van der Waals surface area contributed by atoms with E-state index >= 15 is 0 Å². The monoisotopic (exact) mass is 371 g/mol. The maximum atomic E-state index is 6.24. The third-order valence-electron chi connectivity index (χ3n) is 5.10. The van der Waals surface area contributed by atoms with Gasteiger partial charge >= 0.3 is 0 Å². The highest BCUT2D eigenvalue weighted by molar-refractivity contribution is 5.95. The molecule has 5 rings (SSSR count). The molecule has 0 unspecified atom stereocenters. The van der Waals surface area contributed by atoms with Crippen LogP contribution in [0, 0.1) is 0 Å². The molecular formula is C21H21N7. The van der Waals surface area contributed by atoms with Crippen molar-refractivity contribution in [1.82, 2.24) is 25.5 Å². The number of aromatic nitrogens is 4. The fourth-order valence-corrected chi connectivity index (χ4v) is 3.69. The highest BCUT2D eigenvalue weighted by Crippen LogP contribution is 2.33. The molecule has 4 heterocycles. The van der Waals surface area contributed by atoms with E-state index in [0.717, 1.165) is 71.0 Å². The third kappa shape index (κ3) is 3.05. The number of rotatable bonds is 3. The molecule has 0 atom stereocenters. The zero-order valence-electron chi connectivity index (χ0n) is 15.4. The predicted octanol–water partition coefficient (Wildman–Crippen LogP) is 2.68. The first-order chi connectivity index (χ1) is 13.8. The van der Waals surface area contributed by atoms with Gasteiger partial charge in [0.15, 0.2) is 0 Å². The first kappa shape index (κ1) is 16.7. The van der Waals surface area contributed by atoms with Crippen molar-refractivity contribution in [3.05, 3.63) is 55.0 Å². The van der Waals surface area contributed by atoms with Crippen LogP contribution in [0.3, 0.4) is 0 Å². The van der Waals surface area contributed by atoms with Crippen molar-refractivity contribution in [2.45, 2.75) is 0 Å². The fourth-order valence-electron chi connectivity index (χ4n) is 3.69. The maximum absolute atomic E-state index is 6.24. The normalized spacial score (nSPS) is 14.5. The highest BCUT2D eigenvalue weighted by atomic mass is 15.2. The van der Waals surface area contributed by atoms with Gasteiger partial charge in [0.2, 0.25) is 0 Å². The van der Waals surface area contributed by atoms with Crippen LogP contribution < -0.4 is 16.0 Å². The van der Waals surface area contributed by atoms with Crippen LogP contribution in [-0.4, -0.2) is 46.3 Å². The average molecular weight is 371 g/mol. The number of piperazine rings is 1. The molecule has 0 spiro atoms. The molecule has 1 aliphatic heterocycles. The van der Waals surface area contributed by atoms with Crippen LogP contribution in [0.4, 0.5) is 11.4 Å². The Morgan fingerprint density at radius 1 is 1.00 bits per heavy atom. The lowest BCUT2D eigenvalue weighted by Crippen LogP contribution is -2.43. The Balaban J connectivity index is 1.60. The summed E-state index contributed by atoms with van der Waals surface area (Å²) in [5.41, 5.74) is 12.7. The Kier molecular flexibility index (Phi) is 4.14. The van der Waals surface area contributed by atoms with Crippen LogP contribution in [-0.2, 0) is 0 Å². The summed E-state index contributed by atoms with van der Waals surface area (Å²) >= 11 is 0. The molecule has 3 aromatic heterocycles. The Morgan fingerprint density at radius 3 is 2.71 bits per heavy atom. The van der Waals surface area contributed by atoms with Crippen LogP contribution in [0.25, 0.3) is 33.4 Å². The predicted molar refractivity (Wildman–Crippen MR) is 112 cm³/mol. The molecule has 7 nitrogen and oxygen atoms in total. The molecule has 140 valence electrons. The number of nitrogens with one attached hydrogen (secondary N) is 2. The number of fused-ring (bicyclic) bond motifs is 1. The van der Waals surface area contributed by atoms with Gasteiger partial charge in [-0.3, -0.25) is 15.1 Å². The smallest absolute Gasteiger partial charge is 0.100 e. The minimum atomic E-state index is 0.740. The molecule has 1 fully saturated rings. The van der Waals surface area contributed by atoms with E-state index in [4.69, 9.17) is 5.73 Å². The number of hydrogen-bond acceptors (Lipinski definition) is 6. The summed E-state index contributed by atoms with van der Waals surface area (Å²) < 4.78 is 0. The van der Waals surface area contributed by atoms with Gasteiger partial charge in [0, 0.05) is 66.5 Å². The summed E-state index contributed by atoms with van der Waals surface area (Å²) in [5.74, 6) is 0. The first-order valence-corrected chi connectivity index (χ1v) is 9.39. The summed E-state index contributed by atoms with van der Waals surface area (Å²) in [6.45, 7) is 3.91. The molecule has 1 aliphatic rings. The second-order valence-corrected chi connectivity index (χ2v) is 6.98. The van der Waals surface area contributed by atoms with Gasteiger partial charge < -0.3 is 16.0 Å². The van der Waals surface area contributed by atoms with Crippen LogP contribution in [0.1, 0.15) is 0 Å². The summed E-state index contributed by atoms with van der Waals surface area (Å²) in [4.78, 5) is 11.1. The lowest BCUT2D eigenvalue weighted by molar-refractivity contribution is 0.589. The topological polar surface area (TPSA) is 95.8 Å². The summed E-state index contributed by atoms with van der Waals surface area (Å²) in [5, 5.41) is 12.1. The van der Waals surface area contributed by atoms with Crippen molar-refractivity contribution < 1.29 is 0 Å². The van der Waals surface area contributed by atoms with E-state index in [1.165, 1.54) is 0 Å². The number of hydrogen-bond donors (Lipinski definition) is 3. The van der Waals surface area contributed by atoms with Gasteiger partial charge in [-0.1, -0.05) is 0 Å². The molecule has 28 heavy (non-hydrogen) atoms. The Bertz CT molecular complexity index is 1110. The molecular weight excluding hydrogens is 350 g/mol. The lowest BCUT2D eigenvalue weighted by atomic mass is 10.0. The summed E-state index contributed by atoms with van der Waals surface area (Å²) in [6.07, 6.45) is 5.39. The van der Waals surface area contributed by atoms with E-state index in [1.54, 1.807) is 6.20 Å². The van der Waals surface area contributed by atoms with Crippen molar-refractivity contribution in [3.63, 3.8) is 0 Å². The summed E-state index contributed by atoms with van der Waals surface area (Å²) in [6, 6.07) is 12.1. The van der Waals surface area contributed by atoms with Crippen molar-refractivity contribution >= 4 is 22.3 Å². The first-order valence-electron chi connectivity index (χ1n) is 9.39. The van der Waals surface area contributed by atoms with E-state index in [0.29, 0.717) is 0 Å². The van der Waals surface area contributed by atoms with Crippen LogP contribution in [0.2, 0.25) is 0 Å². The number of H-pyrrole nitrogens is 1. The Hall–Kier alpha value is -3.45. The SMILES string of the molecule is Nc1cc(-c2n[nH]c3cnc(-c4cccnc4)cc23)cc(N2CCNCC2)c1. The van der Waals surface area contributed by atoms with Gasteiger partial charge in [-0.05, 0) is 36.4 Å². The third-order valence-corrected chi connectivity index (χ3v) is 5.10. The zero-order chi connectivity index (χ0) is 18.9. The lowest BCUT2D eigenvalue weighted by Gasteiger charge is -2.30. The highest BCUT2D eigenvalue weighted by Gasteiger charge is 2.15. The van der Waals surface area contributed by atoms with E-state index in [1.807, 2.05) is 36.7 Å². The Morgan fingerprint density at radius 2 is 1.89 bits per heavy atom. The second kappa shape index (κ2) is 6.94. The van der Waals surface area contributed by atoms with Crippen molar-refractivity contribution in [2.75, 3.05) is 36.8 Å². The minimum Gasteiger partial charge on any atom is -0.399 e. The van der Waals surface area contributed by atoms with Crippen LogP contribution in [0.5, 0.6) is 0 Å². The molecule has 0 radical (unpaired) electrons. The van der Waals surface area contributed by atoms with Crippen molar-refractivity contribution in [2.24, 2.45) is 0 Å². The number of benzene rings is 1. The van der Waals surface area contributed by atoms with E-state index < -0.39 is 0 Å². The zero-order valence-corrected chi connectivity index (χ0v) is 15.4. The molecule has 0 amide bonds. The van der Waals surface area contributed by atoms with Gasteiger partial charge in [0.05, 0.1) is 17.4 Å². The van der Waals surface area contributed by atoms with Crippen molar-refractivity contribution in [3.8, 4) is 22.5 Å². The van der Waals surface area contributed by atoms with E-state index in [2.05, 4.69) is 42.5 Å². The van der Waals surface area contributed by atoms with Gasteiger partial charge in [0.1, 0.15) is 5.69 Å². The molecule has 0 saturated carbocycles. The van der Waals surface area contributed by atoms with Crippen LogP contribution >= 0.6 is 0 Å². The fraction of sp³-hybridized carbons (Fsp3) is 0.190. The Labute approximate surface area is 162 Å². The number of nitrogens with zero attached hydrogens (tertiary/aromatic N) is 4. The molecule has 7 heteroatoms. The number of nitrogen functional groups attached to an aromatic ring is 1. The van der Waals surface area contributed by atoms with E-state index in [-0.39, 0.29) is 0 Å². The molecule has 1 saturated heterocycles. The number of pyridine rings is 2.